The Labute approximate surface area is 103 Å². The summed E-state index contributed by atoms with van der Waals surface area (Å²) in [5.74, 6) is -1.51. The van der Waals surface area contributed by atoms with Crippen molar-refractivity contribution >= 4 is 10.9 Å². The average molecular weight is 256 g/mol. The molecule has 0 bridgehead atoms. The van der Waals surface area contributed by atoms with Gasteiger partial charge in [-0.1, -0.05) is 12.1 Å². The molecule has 0 fully saturated rings. The largest absolute Gasteiger partial charge is 0.394 e. The molecule has 98 valence electrons. The van der Waals surface area contributed by atoms with E-state index in [9.17, 15) is 13.2 Å². The van der Waals surface area contributed by atoms with Crippen molar-refractivity contribution in [2.75, 3.05) is 6.54 Å². The van der Waals surface area contributed by atoms with Crippen molar-refractivity contribution in [2.45, 2.75) is 19.6 Å². The summed E-state index contributed by atoms with van der Waals surface area (Å²) in [7, 11) is 0. The van der Waals surface area contributed by atoms with Crippen LogP contribution in [0.25, 0.3) is 10.9 Å². The Kier molecular flexibility index (Phi) is 3.34. The van der Waals surface area contributed by atoms with Crippen LogP contribution in [0.1, 0.15) is 5.56 Å². The molecule has 2 nitrogen and oxygen atoms in total. The van der Waals surface area contributed by atoms with Crippen LogP contribution in [0.3, 0.4) is 0 Å². The van der Waals surface area contributed by atoms with Crippen LogP contribution in [-0.4, -0.2) is 17.3 Å². The summed E-state index contributed by atoms with van der Waals surface area (Å²) in [5, 5.41) is 0.982. The highest BCUT2D eigenvalue weighted by Gasteiger charge is 2.38. The fourth-order valence-electron chi connectivity index (χ4n) is 2.09. The van der Waals surface area contributed by atoms with E-state index in [0.717, 1.165) is 16.5 Å². The van der Waals surface area contributed by atoms with E-state index in [1.54, 1.807) is 10.8 Å². The molecule has 1 heterocycles. The maximum atomic E-state index is 12.7. The van der Waals surface area contributed by atoms with Crippen LogP contribution in [0.4, 0.5) is 13.2 Å². The molecule has 2 rings (SSSR count). The van der Waals surface area contributed by atoms with E-state index in [1.165, 1.54) is 0 Å². The SMILES string of the molecule is Cc1cccc2c1ccn2CC(CN)C(F)(F)F. The molecule has 2 aromatic rings. The van der Waals surface area contributed by atoms with E-state index < -0.39 is 18.6 Å². The smallest absolute Gasteiger partial charge is 0.347 e. The summed E-state index contributed by atoms with van der Waals surface area (Å²) in [6.07, 6.45) is -2.57. The molecular formula is C13H15F3N2. The highest BCUT2D eigenvalue weighted by molar-refractivity contribution is 5.83. The molecule has 0 aliphatic heterocycles. The lowest BCUT2D eigenvalue weighted by Crippen LogP contribution is -2.33. The number of alkyl halides is 3. The van der Waals surface area contributed by atoms with Gasteiger partial charge < -0.3 is 10.3 Å². The van der Waals surface area contributed by atoms with Crippen molar-refractivity contribution < 1.29 is 13.2 Å². The Morgan fingerprint density at radius 3 is 2.61 bits per heavy atom. The molecule has 0 spiro atoms. The van der Waals surface area contributed by atoms with Crippen LogP contribution >= 0.6 is 0 Å². The average Bonchev–Trinajstić information content (AvgIpc) is 2.69. The van der Waals surface area contributed by atoms with Gasteiger partial charge in [0.25, 0.3) is 0 Å². The summed E-state index contributed by atoms with van der Waals surface area (Å²) in [4.78, 5) is 0. The molecule has 1 aromatic carbocycles. The van der Waals surface area contributed by atoms with Crippen LogP contribution in [0.15, 0.2) is 30.5 Å². The Balaban J connectivity index is 2.35. The van der Waals surface area contributed by atoms with Gasteiger partial charge in [0.2, 0.25) is 0 Å². The third-order valence-electron chi connectivity index (χ3n) is 3.20. The standard InChI is InChI=1S/C13H15F3N2/c1-9-3-2-4-12-11(9)5-6-18(12)8-10(7-17)13(14,15)16/h2-6,10H,7-8,17H2,1H3. The molecule has 0 saturated carbocycles. The monoisotopic (exact) mass is 256 g/mol. The zero-order valence-electron chi connectivity index (χ0n) is 10.0. The molecule has 2 N–H and O–H groups in total. The first kappa shape index (κ1) is 13.0. The maximum Gasteiger partial charge on any atom is 0.394 e. The summed E-state index contributed by atoms with van der Waals surface area (Å²) in [5.41, 5.74) is 7.09. The number of fused-ring (bicyclic) bond motifs is 1. The van der Waals surface area contributed by atoms with Gasteiger partial charge in [0.15, 0.2) is 0 Å². The van der Waals surface area contributed by atoms with E-state index in [-0.39, 0.29) is 6.54 Å². The highest BCUT2D eigenvalue weighted by Crippen LogP contribution is 2.28. The van der Waals surface area contributed by atoms with Gasteiger partial charge in [0.1, 0.15) is 0 Å². The second-order valence-corrected chi connectivity index (χ2v) is 4.45. The Morgan fingerprint density at radius 2 is 2.00 bits per heavy atom. The first-order valence-corrected chi connectivity index (χ1v) is 5.74. The zero-order chi connectivity index (χ0) is 13.3. The second kappa shape index (κ2) is 4.65. The maximum absolute atomic E-state index is 12.7. The fraction of sp³-hybridized carbons (Fsp3) is 0.385. The summed E-state index contributed by atoms with van der Waals surface area (Å²) in [6.45, 7) is 1.42. The minimum atomic E-state index is -4.25. The minimum absolute atomic E-state index is 0.132. The first-order chi connectivity index (χ1) is 8.43. The zero-order valence-corrected chi connectivity index (χ0v) is 10.0. The van der Waals surface area contributed by atoms with Crippen molar-refractivity contribution in [1.82, 2.24) is 4.57 Å². The Bertz CT molecular complexity index is 543. The fourth-order valence-corrected chi connectivity index (χ4v) is 2.09. The Hall–Kier alpha value is -1.49. The lowest BCUT2D eigenvalue weighted by molar-refractivity contribution is -0.174. The normalized spacial score (nSPS) is 14.1. The van der Waals surface area contributed by atoms with Crippen molar-refractivity contribution in [1.29, 1.82) is 0 Å². The number of rotatable bonds is 3. The third-order valence-corrected chi connectivity index (χ3v) is 3.20. The lowest BCUT2D eigenvalue weighted by Gasteiger charge is -2.19. The van der Waals surface area contributed by atoms with Crippen LogP contribution in [0.5, 0.6) is 0 Å². The van der Waals surface area contributed by atoms with Crippen molar-refractivity contribution in [2.24, 2.45) is 11.7 Å². The molecule has 0 aliphatic rings. The molecule has 0 saturated heterocycles. The van der Waals surface area contributed by atoms with Crippen molar-refractivity contribution in [3.8, 4) is 0 Å². The van der Waals surface area contributed by atoms with Gasteiger partial charge in [-0.25, -0.2) is 0 Å². The number of nitrogens with zero attached hydrogens (tertiary/aromatic N) is 1. The molecule has 1 aromatic heterocycles. The van der Waals surface area contributed by atoms with Gasteiger partial charge in [0.05, 0.1) is 5.92 Å². The van der Waals surface area contributed by atoms with Gasteiger partial charge in [-0.3, -0.25) is 0 Å². The van der Waals surface area contributed by atoms with Crippen molar-refractivity contribution in [3.63, 3.8) is 0 Å². The highest BCUT2D eigenvalue weighted by atomic mass is 19.4. The van der Waals surface area contributed by atoms with Gasteiger partial charge in [-0.2, -0.15) is 13.2 Å². The van der Waals surface area contributed by atoms with Crippen LogP contribution in [-0.2, 0) is 6.54 Å². The quantitative estimate of drug-likeness (QED) is 0.898. The molecule has 5 heteroatoms. The van der Waals surface area contributed by atoms with Gasteiger partial charge in [-0.15, -0.1) is 0 Å². The minimum Gasteiger partial charge on any atom is -0.347 e. The lowest BCUT2D eigenvalue weighted by atomic mass is 10.1. The van der Waals surface area contributed by atoms with Crippen LogP contribution in [0.2, 0.25) is 0 Å². The summed E-state index contributed by atoms with van der Waals surface area (Å²) < 4.78 is 39.7. The molecule has 18 heavy (non-hydrogen) atoms. The van der Waals surface area contributed by atoms with Gasteiger partial charge in [-0.05, 0) is 24.6 Å². The third kappa shape index (κ3) is 2.36. The first-order valence-electron chi connectivity index (χ1n) is 5.74. The van der Waals surface area contributed by atoms with E-state index >= 15 is 0 Å². The van der Waals surface area contributed by atoms with Gasteiger partial charge in [0, 0.05) is 30.2 Å². The molecule has 0 radical (unpaired) electrons. The summed E-state index contributed by atoms with van der Waals surface area (Å²) in [6, 6.07) is 7.46. The molecule has 0 aliphatic carbocycles. The van der Waals surface area contributed by atoms with Crippen LogP contribution in [0, 0.1) is 12.8 Å². The number of hydrogen-bond acceptors (Lipinski definition) is 1. The van der Waals surface area contributed by atoms with Crippen LogP contribution < -0.4 is 5.73 Å². The number of benzene rings is 1. The molecule has 1 unspecified atom stereocenters. The Morgan fingerprint density at radius 1 is 1.28 bits per heavy atom. The molecular weight excluding hydrogens is 241 g/mol. The number of aromatic nitrogens is 1. The second-order valence-electron chi connectivity index (χ2n) is 4.45. The number of hydrogen-bond donors (Lipinski definition) is 1. The van der Waals surface area contributed by atoms with E-state index in [1.807, 2.05) is 31.2 Å². The van der Waals surface area contributed by atoms with Gasteiger partial charge >= 0.3 is 6.18 Å². The van der Waals surface area contributed by atoms with E-state index in [2.05, 4.69) is 0 Å². The molecule has 1 atom stereocenters. The molecule has 0 amide bonds. The number of nitrogens with two attached hydrogens (primary N) is 1. The van der Waals surface area contributed by atoms with E-state index in [0.29, 0.717) is 0 Å². The number of halogens is 3. The van der Waals surface area contributed by atoms with Crippen molar-refractivity contribution in [3.05, 3.63) is 36.0 Å². The predicted octanol–water partition coefficient (Wildman–Crippen LogP) is 3.09. The summed E-state index contributed by atoms with van der Waals surface area (Å²) >= 11 is 0. The van der Waals surface area contributed by atoms with E-state index in [4.69, 9.17) is 5.73 Å². The topological polar surface area (TPSA) is 30.9 Å². The predicted molar refractivity (Wildman–Crippen MR) is 65.3 cm³/mol. The number of aryl methyl sites for hydroxylation is 1.